The van der Waals surface area contributed by atoms with E-state index in [1.165, 1.54) is 40.7 Å². The van der Waals surface area contributed by atoms with Crippen molar-refractivity contribution in [2.24, 2.45) is 0 Å². The van der Waals surface area contributed by atoms with Gasteiger partial charge in [0.1, 0.15) is 23.9 Å². The molecule has 1 aliphatic rings. The maximum absolute atomic E-state index is 13.2. The Morgan fingerprint density at radius 2 is 1.00 bits per heavy atom. The minimum Gasteiger partial charge on any atom is -0.481 e. The van der Waals surface area contributed by atoms with Gasteiger partial charge in [-0.3, -0.25) is 24.1 Å². The molecule has 0 unspecified atom stereocenters. The highest BCUT2D eigenvalue weighted by Crippen LogP contribution is 2.44. The predicted molar refractivity (Wildman–Crippen MR) is 227 cm³/mol. The minimum atomic E-state index is -1.28. The van der Waals surface area contributed by atoms with Crippen LogP contribution in [-0.2, 0) is 33.4 Å². The molecule has 2 aromatic carbocycles. The molecular weight excluding hydrogens is 793 g/mol. The maximum Gasteiger partial charge on any atom is 0.410 e. The van der Waals surface area contributed by atoms with Crippen LogP contribution in [0.4, 0.5) is 14.4 Å². The van der Waals surface area contributed by atoms with Gasteiger partial charge >= 0.3 is 30.2 Å². The monoisotopic (exact) mass is 856 g/mol. The van der Waals surface area contributed by atoms with Crippen LogP contribution < -0.4 is 5.32 Å². The molecule has 0 bridgehead atoms. The summed E-state index contributed by atoms with van der Waals surface area (Å²) in [6.45, 7) is 11.5. The Morgan fingerprint density at radius 3 is 1.39 bits per heavy atom. The largest absolute Gasteiger partial charge is 0.481 e. The summed E-state index contributed by atoms with van der Waals surface area (Å²) in [5.41, 5.74) is 3.01. The van der Waals surface area contributed by atoms with Crippen LogP contribution in [0.25, 0.3) is 11.1 Å². The zero-order valence-electron chi connectivity index (χ0n) is 37.5. The van der Waals surface area contributed by atoms with Gasteiger partial charge < -0.3 is 49.3 Å². The second-order valence-corrected chi connectivity index (χ2v) is 16.8. The normalized spacial score (nSPS) is 12.9. The number of nitrogens with one attached hydrogen (secondary N) is 1. The summed E-state index contributed by atoms with van der Waals surface area (Å²) in [6.07, 6.45) is -2.69. The van der Waals surface area contributed by atoms with Crippen molar-refractivity contribution in [1.82, 2.24) is 29.8 Å². The van der Waals surface area contributed by atoms with Crippen molar-refractivity contribution in [3.05, 3.63) is 59.7 Å². The zero-order chi connectivity index (χ0) is 46.4. The number of ether oxygens (including phenoxy) is 3. The highest BCUT2D eigenvalue weighted by Gasteiger charge is 2.35. The average molecular weight is 857 g/mol. The second kappa shape index (κ2) is 22.6. The van der Waals surface area contributed by atoms with Crippen molar-refractivity contribution in [3.63, 3.8) is 0 Å². The van der Waals surface area contributed by atoms with Gasteiger partial charge in [0.15, 0.2) is 0 Å². The van der Waals surface area contributed by atoms with Crippen molar-refractivity contribution in [1.29, 1.82) is 0 Å². The van der Waals surface area contributed by atoms with Gasteiger partial charge in [-0.25, -0.2) is 14.4 Å². The fourth-order valence-corrected chi connectivity index (χ4v) is 6.07. The number of carbonyl (C=O) groups is 7. The fraction of sp³-hybridized carbons (Fsp3) is 0.558. The first-order chi connectivity index (χ1) is 28.3. The van der Waals surface area contributed by atoms with Crippen molar-refractivity contribution >= 4 is 42.0 Å². The van der Waals surface area contributed by atoms with Gasteiger partial charge in [-0.1, -0.05) is 48.5 Å². The smallest absolute Gasteiger partial charge is 0.410 e. The molecule has 0 radical (unpaired) electrons. The summed E-state index contributed by atoms with van der Waals surface area (Å²) in [4.78, 5) is 91.0. The Kier molecular flexibility index (Phi) is 19.0. The van der Waals surface area contributed by atoms with Crippen molar-refractivity contribution < 1.29 is 58.0 Å². The van der Waals surface area contributed by atoms with Gasteiger partial charge in [0, 0.05) is 67.3 Å². The molecule has 18 heteroatoms. The fourth-order valence-electron chi connectivity index (χ4n) is 6.07. The first kappa shape index (κ1) is 51.2. The number of fused-ring (bicyclic) bond motifs is 3. The third-order valence-corrected chi connectivity index (χ3v) is 9.47. The summed E-state index contributed by atoms with van der Waals surface area (Å²) in [7, 11) is 9.07. The summed E-state index contributed by atoms with van der Waals surface area (Å²) in [5, 5.41) is 20.9. The molecule has 338 valence electrons. The van der Waals surface area contributed by atoms with E-state index < -0.39 is 65.8 Å². The molecule has 0 heterocycles. The van der Waals surface area contributed by atoms with Crippen LogP contribution in [0.3, 0.4) is 0 Å². The number of carboxylic acid groups (broad SMARTS) is 2. The summed E-state index contributed by atoms with van der Waals surface area (Å²) < 4.78 is 16.1. The molecule has 2 atom stereocenters. The summed E-state index contributed by atoms with van der Waals surface area (Å²) in [5.74, 6) is -3.36. The first-order valence-corrected chi connectivity index (χ1v) is 19.8. The lowest BCUT2D eigenvalue weighted by atomic mass is 9.98. The SMILES string of the molecule is CN(CCN(C)C(=O)[C@H](CC(=O)O)N(C)C(=O)OCC1c2ccccc2-c2ccccc21)C(=O)OC(C)(C)C.CN[C@@H](CC(=O)O)C(=O)N(C)CCN(C)C(=O)OC(C)(C)C. The molecule has 0 aromatic heterocycles. The van der Waals surface area contributed by atoms with E-state index in [9.17, 15) is 38.7 Å². The van der Waals surface area contributed by atoms with Gasteiger partial charge in [-0.2, -0.15) is 0 Å². The quantitative estimate of drug-likeness (QED) is 0.200. The van der Waals surface area contributed by atoms with Gasteiger partial charge in [0.25, 0.3) is 0 Å². The molecule has 0 saturated heterocycles. The minimum absolute atomic E-state index is 0.0434. The van der Waals surface area contributed by atoms with Crippen LogP contribution in [0.5, 0.6) is 0 Å². The van der Waals surface area contributed by atoms with Gasteiger partial charge in [-0.05, 0) is 70.8 Å². The molecule has 61 heavy (non-hydrogen) atoms. The van der Waals surface area contributed by atoms with Gasteiger partial charge in [0.2, 0.25) is 11.8 Å². The lowest BCUT2D eigenvalue weighted by Gasteiger charge is -2.31. The number of amides is 5. The standard InChI is InChI=1S/C29H37N3O7.C14H27N3O5/c1-29(2,3)39-27(36)31(5)16-15-30(4)26(35)24(17-25(33)34)32(6)28(37)38-18-23-21-13-9-7-11-19(21)20-12-8-10-14-22(20)23;1-14(2,3)22-13(21)17(6)8-7-16(5)12(20)10(15-4)9-11(18)19/h7-14,23-24H,15-18H2,1-6H3,(H,33,34);10,15H,7-9H2,1-6H3,(H,18,19)/t24-;10-/m00/s1. The molecular formula is C43H64N6O12. The highest BCUT2D eigenvalue weighted by molar-refractivity contribution is 5.89. The highest BCUT2D eigenvalue weighted by atomic mass is 16.6. The predicted octanol–water partition coefficient (Wildman–Crippen LogP) is 4.41. The maximum atomic E-state index is 13.2. The average Bonchev–Trinajstić information content (AvgIpc) is 3.50. The number of carboxylic acids is 2. The molecule has 5 amide bonds. The molecule has 0 fully saturated rings. The van der Waals surface area contributed by atoms with Gasteiger partial charge in [-0.15, -0.1) is 0 Å². The van der Waals surface area contributed by atoms with Crippen LogP contribution in [0.1, 0.15) is 71.4 Å². The van der Waals surface area contributed by atoms with E-state index in [-0.39, 0.29) is 44.5 Å². The topological polar surface area (TPSA) is 216 Å². The number of likely N-dealkylation sites (N-methyl/N-ethyl adjacent to an activating group) is 6. The number of nitrogens with zero attached hydrogens (tertiary/aromatic N) is 5. The number of rotatable bonds is 16. The van der Waals surface area contributed by atoms with Crippen LogP contribution in [0.2, 0.25) is 0 Å². The Labute approximate surface area is 358 Å². The van der Waals surface area contributed by atoms with E-state index in [2.05, 4.69) is 5.32 Å². The van der Waals surface area contributed by atoms with Crippen LogP contribution in [0.15, 0.2) is 48.5 Å². The third kappa shape index (κ3) is 16.2. The lowest BCUT2D eigenvalue weighted by Crippen LogP contribution is -2.51. The lowest BCUT2D eigenvalue weighted by molar-refractivity contribution is -0.144. The van der Waals surface area contributed by atoms with E-state index in [1.54, 1.807) is 62.7 Å². The number of benzene rings is 2. The van der Waals surface area contributed by atoms with E-state index >= 15 is 0 Å². The second-order valence-electron chi connectivity index (χ2n) is 16.8. The summed E-state index contributed by atoms with van der Waals surface area (Å²) >= 11 is 0. The molecule has 0 spiro atoms. The molecule has 0 aliphatic heterocycles. The Bertz CT molecular complexity index is 1810. The van der Waals surface area contributed by atoms with Crippen molar-refractivity contribution in [2.45, 2.75) is 83.6 Å². The molecule has 3 rings (SSSR count). The van der Waals surface area contributed by atoms with E-state index in [0.29, 0.717) is 6.54 Å². The Hall–Kier alpha value is -5.91. The van der Waals surface area contributed by atoms with Crippen LogP contribution in [-0.4, -0.2) is 175 Å². The number of hydrogen-bond acceptors (Lipinski definition) is 11. The van der Waals surface area contributed by atoms with Crippen LogP contribution in [0, 0.1) is 0 Å². The number of carbonyl (C=O) groups excluding carboxylic acids is 5. The number of aliphatic carboxylic acids is 2. The van der Waals surface area contributed by atoms with Gasteiger partial charge in [0.05, 0.1) is 18.9 Å². The van der Waals surface area contributed by atoms with E-state index in [4.69, 9.17) is 19.3 Å². The van der Waals surface area contributed by atoms with Crippen LogP contribution >= 0.6 is 0 Å². The zero-order valence-corrected chi connectivity index (χ0v) is 37.5. The third-order valence-electron chi connectivity index (χ3n) is 9.47. The van der Waals surface area contributed by atoms with E-state index in [0.717, 1.165) is 27.2 Å². The molecule has 2 aromatic rings. The molecule has 18 nitrogen and oxygen atoms in total. The number of hydrogen-bond donors (Lipinski definition) is 3. The molecule has 1 aliphatic carbocycles. The van der Waals surface area contributed by atoms with E-state index in [1.807, 2.05) is 48.5 Å². The Balaban J connectivity index is 0.000000496. The van der Waals surface area contributed by atoms with Crippen molar-refractivity contribution in [3.8, 4) is 11.1 Å². The first-order valence-electron chi connectivity index (χ1n) is 19.8. The molecule has 0 saturated carbocycles. The Morgan fingerprint density at radius 1 is 0.607 bits per heavy atom. The van der Waals surface area contributed by atoms with Crippen molar-refractivity contribution in [2.75, 3.05) is 75.1 Å². The molecule has 3 N–H and O–H groups in total. The summed E-state index contributed by atoms with van der Waals surface area (Å²) in [6, 6.07) is 13.8.